The second-order valence-electron chi connectivity index (χ2n) is 7.98. The van der Waals surface area contributed by atoms with Crippen molar-refractivity contribution in [3.05, 3.63) is 105 Å². The molecule has 0 saturated heterocycles. The first-order valence-electron chi connectivity index (χ1n) is 10.7. The Balaban J connectivity index is 1.62. The van der Waals surface area contributed by atoms with E-state index in [-0.39, 0.29) is 11.3 Å². The lowest BCUT2D eigenvalue weighted by Gasteiger charge is -2.17. The molecular formula is C27H23ClN2O4. The molecule has 7 heteroatoms. The molecule has 1 N–H and O–H groups in total. The number of esters is 1. The zero-order valence-corrected chi connectivity index (χ0v) is 19.6. The molecule has 0 aliphatic carbocycles. The Kier molecular flexibility index (Phi) is 6.80. The zero-order valence-electron chi connectivity index (χ0n) is 18.8. The van der Waals surface area contributed by atoms with Gasteiger partial charge < -0.3 is 14.6 Å². The Morgan fingerprint density at radius 2 is 1.59 bits per heavy atom. The largest absolute Gasteiger partial charge is 0.451 e. The summed E-state index contributed by atoms with van der Waals surface area (Å²) >= 11 is 6.05. The van der Waals surface area contributed by atoms with E-state index in [0.717, 1.165) is 11.1 Å². The van der Waals surface area contributed by atoms with Crippen molar-refractivity contribution in [2.45, 2.75) is 13.5 Å². The van der Waals surface area contributed by atoms with Gasteiger partial charge in [0.1, 0.15) is 5.69 Å². The Labute approximate surface area is 201 Å². The molecule has 0 atom stereocenters. The van der Waals surface area contributed by atoms with E-state index in [1.54, 1.807) is 48.5 Å². The standard InChI is InChI=1S/C27H23ClN2O4/c1-17-7-9-18(10-8-17)15-29-23(31)16-34-27(33)25-24(19-11-13-20(28)14-12-19)21-5-3-4-6-22(21)26(32)30(25)2/h3-14H,15-16H2,1-2H3,(H,29,31). The van der Waals surface area contributed by atoms with Crippen molar-refractivity contribution in [1.29, 1.82) is 0 Å². The Morgan fingerprint density at radius 1 is 0.941 bits per heavy atom. The fourth-order valence-electron chi connectivity index (χ4n) is 3.77. The van der Waals surface area contributed by atoms with Gasteiger partial charge in [-0.25, -0.2) is 4.79 Å². The predicted octanol–water partition coefficient (Wildman–Crippen LogP) is 4.64. The normalized spacial score (nSPS) is 10.8. The number of benzene rings is 3. The number of hydrogen-bond donors (Lipinski definition) is 1. The van der Waals surface area contributed by atoms with E-state index in [1.807, 2.05) is 31.2 Å². The highest BCUT2D eigenvalue weighted by Gasteiger charge is 2.23. The van der Waals surface area contributed by atoms with Gasteiger partial charge in [0.05, 0.1) is 0 Å². The number of hydrogen-bond acceptors (Lipinski definition) is 4. The minimum Gasteiger partial charge on any atom is -0.451 e. The molecule has 3 aromatic carbocycles. The SMILES string of the molecule is Cc1ccc(CNC(=O)COC(=O)c2c(-c3ccc(Cl)cc3)c3ccccc3c(=O)n2C)cc1. The van der Waals surface area contributed by atoms with Crippen molar-refractivity contribution in [2.24, 2.45) is 7.05 Å². The molecule has 0 spiro atoms. The van der Waals surface area contributed by atoms with E-state index < -0.39 is 18.5 Å². The molecule has 0 aliphatic rings. The molecule has 0 fully saturated rings. The zero-order chi connectivity index (χ0) is 24.2. The van der Waals surface area contributed by atoms with Crippen molar-refractivity contribution in [3.63, 3.8) is 0 Å². The first kappa shape index (κ1) is 23.3. The highest BCUT2D eigenvalue weighted by Crippen LogP contribution is 2.31. The first-order valence-corrected chi connectivity index (χ1v) is 11.1. The van der Waals surface area contributed by atoms with Gasteiger partial charge in [0, 0.05) is 29.6 Å². The Bertz CT molecular complexity index is 1420. The summed E-state index contributed by atoms with van der Waals surface area (Å²) in [6.07, 6.45) is 0. The number of aromatic nitrogens is 1. The molecule has 0 unspecified atom stereocenters. The minimum atomic E-state index is -0.763. The van der Waals surface area contributed by atoms with Crippen LogP contribution in [0.15, 0.2) is 77.6 Å². The van der Waals surface area contributed by atoms with Crippen molar-refractivity contribution in [2.75, 3.05) is 6.61 Å². The average Bonchev–Trinajstić information content (AvgIpc) is 2.85. The molecule has 172 valence electrons. The molecule has 1 heterocycles. The quantitative estimate of drug-likeness (QED) is 0.413. The van der Waals surface area contributed by atoms with Gasteiger partial charge in [-0.1, -0.05) is 71.8 Å². The highest BCUT2D eigenvalue weighted by atomic mass is 35.5. The number of aryl methyl sites for hydroxylation is 1. The molecule has 1 amide bonds. The molecule has 4 rings (SSSR count). The number of amides is 1. The summed E-state index contributed by atoms with van der Waals surface area (Å²) in [7, 11) is 1.52. The van der Waals surface area contributed by atoms with Crippen molar-refractivity contribution in [3.8, 4) is 11.1 Å². The molecule has 0 saturated carbocycles. The third kappa shape index (κ3) is 4.87. The van der Waals surface area contributed by atoms with Crippen molar-refractivity contribution >= 4 is 34.2 Å². The lowest BCUT2D eigenvalue weighted by molar-refractivity contribution is -0.124. The maximum atomic E-state index is 13.2. The molecule has 34 heavy (non-hydrogen) atoms. The van der Waals surface area contributed by atoms with Gasteiger partial charge in [0.25, 0.3) is 11.5 Å². The van der Waals surface area contributed by atoms with Crippen LogP contribution in [0.25, 0.3) is 21.9 Å². The molecule has 0 aliphatic heterocycles. The fourth-order valence-corrected chi connectivity index (χ4v) is 3.90. The van der Waals surface area contributed by atoms with Crippen LogP contribution in [0.3, 0.4) is 0 Å². The van der Waals surface area contributed by atoms with Gasteiger partial charge in [-0.05, 0) is 41.6 Å². The van der Waals surface area contributed by atoms with Crippen LogP contribution < -0.4 is 10.9 Å². The maximum Gasteiger partial charge on any atom is 0.356 e. The summed E-state index contributed by atoms with van der Waals surface area (Å²) in [5.74, 6) is -1.20. The molecule has 0 radical (unpaired) electrons. The van der Waals surface area contributed by atoms with Crippen LogP contribution in [0.1, 0.15) is 21.6 Å². The van der Waals surface area contributed by atoms with Crippen LogP contribution >= 0.6 is 11.6 Å². The second-order valence-corrected chi connectivity index (χ2v) is 8.42. The maximum absolute atomic E-state index is 13.2. The third-order valence-electron chi connectivity index (χ3n) is 5.57. The number of nitrogens with zero attached hydrogens (tertiary/aromatic N) is 1. The predicted molar refractivity (Wildman–Crippen MR) is 133 cm³/mol. The van der Waals surface area contributed by atoms with E-state index in [9.17, 15) is 14.4 Å². The molecule has 6 nitrogen and oxygen atoms in total. The van der Waals surface area contributed by atoms with Crippen molar-refractivity contribution < 1.29 is 14.3 Å². The molecule has 0 bridgehead atoms. The summed E-state index contributed by atoms with van der Waals surface area (Å²) in [4.78, 5) is 38.4. The number of nitrogens with one attached hydrogen (secondary N) is 1. The Morgan fingerprint density at radius 3 is 2.26 bits per heavy atom. The van der Waals surface area contributed by atoms with E-state index >= 15 is 0 Å². The van der Waals surface area contributed by atoms with E-state index in [4.69, 9.17) is 16.3 Å². The topological polar surface area (TPSA) is 77.4 Å². The number of carbonyl (C=O) groups is 2. The highest BCUT2D eigenvalue weighted by molar-refractivity contribution is 6.30. The fraction of sp³-hybridized carbons (Fsp3) is 0.148. The summed E-state index contributed by atoms with van der Waals surface area (Å²) in [5, 5.41) is 4.37. The van der Waals surface area contributed by atoms with Crippen LogP contribution in [0, 0.1) is 6.92 Å². The third-order valence-corrected chi connectivity index (χ3v) is 5.83. The lowest BCUT2D eigenvalue weighted by Crippen LogP contribution is -2.30. The van der Waals surface area contributed by atoms with Crippen molar-refractivity contribution in [1.82, 2.24) is 9.88 Å². The number of rotatable bonds is 6. The number of fused-ring (bicyclic) bond motifs is 1. The van der Waals surface area contributed by atoms with Gasteiger partial charge in [-0.15, -0.1) is 0 Å². The Hall–Kier alpha value is -3.90. The van der Waals surface area contributed by atoms with Crippen LogP contribution in [0.4, 0.5) is 0 Å². The number of carbonyl (C=O) groups excluding carboxylic acids is 2. The van der Waals surface area contributed by atoms with Crippen LogP contribution in [-0.2, 0) is 23.1 Å². The molecule has 1 aromatic heterocycles. The van der Waals surface area contributed by atoms with Crippen LogP contribution in [0.5, 0.6) is 0 Å². The summed E-state index contributed by atoms with van der Waals surface area (Å²) in [5.41, 5.74) is 3.04. The van der Waals surface area contributed by atoms with Gasteiger partial charge in [0.2, 0.25) is 0 Å². The van der Waals surface area contributed by atoms with Gasteiger partial charge >= 0.3 is 5.97 Å². The number of halogens is 1. The van der Waals surface area contributed by atoms with Gasteiger partial charge in [0.15, 0.2) is 6.61 Å². The molecular weight excluding hydrogens is 452 g/mol. The average molecular weight is 475 g/mol. The van der Waals surface area contributed by atoms with E-state index in [2.05, 4.69) is 5.32 Å². The minimum absolute atomic E-state index is 0.0670. The van der Waals surface area contributed by atoms with E-state index in [0.29, 0.717) is 33.5 Å². The van der Waals surface area contributed by atoms with Crippen LogP contribution in [-0.4, -0.2) is 23.1 Å². The van der Waals surface area contributed by atoms with Crippen LogP contribution in [0.2, 0.25) is 5.02 Å². The first-order chi connectivity index (χ1) is 16.3. The summed E-state index contributed by atoms with van der Waals surface area (Å²) in [6.45, 7) is 1.84. The summed E-state index contributed by atoms with van der Waals surface area (Å²) in [6, 6.07) is 21.8. The van der Waals surface area contributed by atoms with Gasteiger partial charge in [-0.3, -0.25) is 9.59 Å². The van der Waals surface area contributed by atoms with Gasteiger partial charge in [-0.2, -0.15) is 0 Å². The van der Waals surface area contributed by atoms with E-state index in [1.165, 1.54) is 11.6 Å². The number of pyridine rings is 1. The second kappa shape index (κ2) is 9.93. The molecule has 4 aromatic rings. The smallest absolute Gasteiger partial charge is 0.356 e. The monoisotopic (exact) mass is 474 g/mol. The lowest BCUT2D eigenvalue weighted by atomic mass is 9.97. The summed E-state index contributed by atoms with van der Waals surface area (Å²) < 4.78 is 6.59. The number of ether oxygens (including phenoxy) is 1.